The Morgan fingerprint density at radius 1 is 1.47 bits per heavy atom. The summed E-state index contributed by atoms with van der Waals surface area (Å²) in [5, 5.41) is 0. The third-order valence-electron chi connectivity index (χ3n) is 2.08. The third kappa shape index (κ3) is 4.97. The van der Waals surface area contributed by atoms with Gasteiger partial charge in [-0.05, 0) is 12.1 Å². The Bertz CT molecular complexity index is 500. The van der Waals surface area contributed by atoms with Gasteiger partial charge in [0.05, 0.1) is 6.54 Å². The fourth-order valence-electron chi connectivity index (χ4n) is 1.28. The molecule has 1 rings (SSSR count). The highest BCUT2D eigenvalue weighted by Gasteiger charge is 2.31. The third-order valence-corrected chi connectivity index (χ3v) is 2.08. The largest absolute Gasteiger partial charge is 0.406 e. The summed E-state index contributed by atoms with van der Waals surface area (Å²) in [6.45, 7) is -1.13. The highest BCUT2D eigenvalue weighted by molar-refractivity contribution is 5.92. The van der Waals surface area contributed by atoms with Gasteiger partial charge in [0.2, 0.25) is 0 Å². The zero-order valence-corrected chi connectivity index (χ0v) is 10.2. The van der Waals surface area contributed by atoms with Crippen LogP contribution in [0.3, 0.4) is 0 Å². The first-order valence-electron chi connectivity index (χ1n) is 5.30. The van der Waals surface area contributed by atoms with E-state index in [2.05, 4.69) is 16.8 Å². The molecule has 1 aromatic heterocycles. The van der Waals surface area contributed by atoms with Gasteiger partial charge in [-0.1, -0.05) is 11.8 Å². The number of halogens is 3. The number of pyridine rings is 1. The number of rotatable bonds is 2. The van der Waals surface area contributed by atoms with Crippen molar-refractivity contribution in [1.29, 1.82) is 0 Å². The number of carbonyl (C=O) groups excluding carboxylic acids is 1. The fraction of sp³-hybridized carbons (Fsp3) is 0.333. The number of alkyl halides is 3. The average molecular weight is 271 g/mol. The Balaban J connectivity index is 2.78. The number of carbonyl (C=O) groups is 1. The van der Waals surface area contributed by atoms with Crippen LogP contribution in [0.1, 0.15) is 16.1 Å². The second-order valence-corrected chi connectivity index (χ2v) is 3.71. The summed E-state index contributed by atoms with van der Waals surface area (Å²) in [6.07, 6.45) is -3.12. The van der Waals surface area contributed by atoms with E-state index in [1.165, 1.54) is 18.3 Å². The highest BCUT2D eigenvalue weighted by atomic mass is 19.4. The fourth-order valence-corrected chi connectivity index (χ4v) is 1.28. The maximum atomic E-state index is 12.1. The number of nitrogens with two attached hydrogens (primary N) is 1. The zero-order chi connectivity index (χ0) is 14.5. The van der Waals surface area contributed by atoms with Gasteiger partial charge in [0.1, 0.15) is 12.2 Å². The predicted molar refractivity (Wildman–Crippen MR) is 63.2 cm³/mol. The van der Waals surface area contributed by atoms with Crippen LogP contribution in [0.2, 0.25) is 0 Å². The topological polar surface area (TPSA) is 59.2 Å². The number of amides is 1. The van der Waals surface area contributed by atoms with Gasteiger partial charge in [0.25, 0.3) is 5.91 Å². The highest BCUT2D eigenvalue weighted by Crippen LogP contribution is 2.16. The summed E-state index contributed by atoms with van der Waals surface area (Å²) in [7, 11) is 1.07. The van der Waals surface area contributed by atoms with E-state index in [-0.39, 0.29) is 12.2 Å². The first-order valence-corrected chi connectivity index (χ1v) is 5.30. The van der Waals surface area contributed by atoms with Gasteiger partial charge in [0, 0.05) is 18.8 Å². The van der Waals surface area contributed by atoms with Gasteiger partial charge in [-0.2, -0.15) is 13.2 Å². The van der Waals surface area contributed by atoms with E-state index >= 15 is 0 Å². The lowest BCUT2D eigenvalue weighted by molar-refractivity contribution is -0.138. The lowest BCUT2D eigenvalue weighted by atomic mass is 10.2. The first-order chi connectivity index (χ1) is 8.83. The van der Waals surface area contributed by atoms with Gasteiger partial charge >= 0.3 is 6.18 Å². The minimum Gasteiger partial charge on any atom is -0.331 e. The second kappa shape index (κ2) is 6.20. The molecule has 0 radical (unpaired) electrons. The molecule has 19 heavy (non-hydrogen) atoms. The average Bonchev–Trinajstić information content (AvgIpc) is 2.34. The molecule has 0 aromatic carbocycles. The molecule has 0 spiro atoms. The van der Waals surface area contributed by atoms with Crippen LogP contribution in [0.15, 0.2) is 18.3 Å². The Morgan fingerprint density at radius 2 is 2.16 bits per heavy atom. The molecule has 0 aliphatic heterocycles. The summed E-state index contributed by atoms with van der Waals surface area (Å²) in [4.78, 5) is 16.0. The van der Waals surface area contributed by atoms with Crippen molar-refractivity contribution in [3.8, 4) is 11.8 Å². The van der Waals surface area contributed by atoms with Gasteiger partial charge in [-0.25, -0.2) is 4.98 Å². The summed E-state index contributed by atoms with van der Waals surface area (Å²) < 4.78 is 36.4. The maximum absolute atomic E-state index is 12.1. The van der Waals surface area contributed by atoms with Gasteiger partial charge in [0.15, 0.2) is 0 Å². The molecule has 102 valence electrons. The SMILES string of the molecule is CN(CC(F)(F)F)C(=O)c1ccc(C#CCN)cn1. The molecule has 1 aromatic rings. The van der Waals surface area contributed by atoms with Gasteiger partial charge < -0.3 is 10.6 Å². The molecule has 1 amide bonds. The maximum Gasteiger partial charge on any atom is 0.406 e. The quantitative estimate of drug-likeness (QED) is 0.817. The predicted octanol–water partition coefficient (Wildman–Crippen LogP) is 1.03. The van der Waals surface area contributed by atoms with Crippen molar-refractivity contribution in [3.05, 3.63) is 29.6 Å². The number of hydrogen-bond donors (Lipinski definition) is 1. The van der Waals surface area contributed by atoms with E-state index in [0.717, 1.165) is 7.05 Å². The van der Waals surface area contributed by atoms with Crippen molar-refractivity contribution in [2.45, 2.75) is 6.18 Å². The van der Waals surface area contributed by atoms with Crippen LogP contribution in [-0.4, -0.2) is 42.1 Å². The van der Waals surface area contributed by atoms with Gasteiger partial charge in [-0.15, -0.1) is 0 Å². The molecule has 7 heteroatoms. The standard InChI is InChI=1S/C12H12F3N3O/c1-18(8-12(13,14)15)11(19)10-5-4-9(7-17-10)3-2-6-16/h4-5,7H,6,8,16H2,1H3. The molecular formula is C12H12F3N3O. The zero-order valence-electron chi connectivity index (χ0n) is 10.2. The summed E-state index contributed by atoms with van der Waals surface area (Å²) in [5.74, 6) is 4.50. The van der Waals surface area contributed by atoms with Crippen LogP contribution < -0.4 is 5.73 Å². The molecule has 0 fully saturated rings. The van der Waals surface area contributed by atoms with Gasteiger partial charge in [-0.3, -0.25) is 4.79 Å². The molecule has 2 N–H and O–H groups in total. The van der Waals surface area contributed by atoms with Crippen LogP contribution in [-0.2, 0) is 0 Å². The Labute approximate surface area is 108 Å². The Kier molecular flexibility index (Phi) is 4.89. The minimum atomic E-state index is -4.43. The van der Waals surface area contributed by atoms with Crippen LogP contribution in [0, 0.1) is 11.8 Å². The van der Waals surface area contributed by atoms with Crippen molar-refractivity contribution in [1.82, 2.24) is 9.88 Å². The van der Waals surface area contributed by atoms with Crippen molar-refractivity contribution in [2.24, 2.45) is 5.73 Å². The van der Waals surface area contributed by atoms with E-state index < -0.39 is 18.6 Å². The number of aromatic nitrogens is 1. The van der Waals surface area contributed by atoms with Crippen LogP contribution in [0.4, 0.5) is 13.2 Å². The number of hydrogen-bond acceptors (Lipinski definition) is 3. The lowest BCUT2D eigenvalue weighted by Crippen LogP contribution is -2.36. The monoisotopic (exact) mass is 271 g/mol. The molecule has 4 nitrogen and oxygen atoms in total. The van der Waals surface area contributed by atoms with Crippen molar-refractivity contribution in [2.75, 3.05) is 20.1 Å². The van der Waals surface area contributed by atoms with E-state index in [0.29, 0.717) is 10.5 Å². The molecule has 0 aliphatic carbocycles. The molecule has 0 bridgehead atoms. The number of nitrogens with zero attached hydrogens (tertiary/aromatic N) is 2. The summed E-state index contributed by atoms with van der Waals surface area (Å²) >= 11 is 0. The Morgan fingerprint density at radius 3 is 2.63 bits per heavy atom. The molecule has 0 atom stereocenters. The minimum absolute atomic E-state index is 0.0648. The van der Waals surface area contributed by atoms with Crippen molar-refractivity contribution < 1.29 is 18.0 Å². The lowest BCUT2D eigenvalue weighted by Gasteiger charge is -2.18. The summed E-state index contributed by atoms with van der Waals surface area (Å²) in [5.41, 5.74) is 5.67. The van der Waals surface area contributed by atoms with Crippen LogP contribution in [0.5, 0.6) is 0 Å². The second-order valence-electron chi connectivity index (χ2n) is 3.71. The molecule has 0 saturated carbocycles. The van der Waals surface area contributed by atoms with Crippen LogP contribution in [0.25, 0.3) is 0 Å². The van der Waals surface area contributed by atoms with E-state index in [4.69, 9.17) is 5.73 Å². The smallest absolute Gasteiger partial charge is 0.331 e. The summed E-state index contributed by atoms with van der Waals surface area (Å²) in [6, 6.07) is 2.83. The van der Waals surface area contributed by atoms with E-state index in [1.54, 1.807) is 0 Å². The van der Waals surface area contributed by atoms with E-state index in [9.17, 15) is 18.0 Å². The van der Waals surface area contributed by atoms with Crippen LogP contribution >= 0.6 is 0 Å². The molecule has 0 aliphatic rings. The van der Waals surface area contributed by atoms with Crippen molar-refractivity contribution >= 4 is 5.91 Å². The normalized spacial score (nSPS) is 10.6. The first kappa shape index (κ1) is 15.0. The van der Waals surface area contributed by atoms with E-state index in [1.807, 2.05) is 0 Å². The Hall–Kier alpha value is -2.07. The molecule has 1 heterocycles. The molecular weight excluding hydrogens is 259 g/mol. The molecule has 0 saturated heterocycles. The van der Waals surface area contributed by atoms with Crippen molar-refractivity contribution in [3.63, 3.8) is 0 Å². The molecule has 0 unspecified atom stereocenters.